The van der Waals surface area contributed by atoms with E-state index in [-0.39, 0.29) is 18.0 Å². The fourth-order valence-electron chi connectivity index (χ4n) is 3.00. The molecule has 2 rings (SSSR count). The van der Waals surface area contributed by atoms with E-state index in [0.717, 1.165) is 6.42 Å². The lowest BCUT2D eigenvalue weighted by Crippen LogP contribution is -2.53. The molecule has 0 bridgehead atoms. The third-order valence-corrected chi connectivity index (χ3v) is 4.55. The second-order valence-corrected chi connectivity index (χ2v) is 5.95. The molecule has 7 heteroatoms. The molecule has 0 saturated carbocycles. The van der Waals surface area contributed by atoms with Crippen LogP contribution in [0, 0.1) is 5.92 Å². The number of carboxylic acid groups (broad SMARTS) is 1. The third-order valence-electron chi connectivity index (χ3n) is 4.55. The molecule has 2 N–H and O–H groups in total. The maximum Gasteiger partial charge on any atom is 0.317 e. The number of piperidine rings is 1. The van der Waals surface area contributed by atoms with Crippen molar-refractivity contribution in [3.63, 3.8) is 0 Å². The first-order chi connectivity index (χ1) is 9.97. The molecule has 2 amide bonds. The van der Waals surface area contributed by atoms with Crippen LogP contribution in [0.3, 0.4) is 0 Å². The SMILES string of the molecule is COC1(CNC(=O)N2CCC(C(=O)O)CC2C)CCOC1. The predicted octanol–water partition coefficient (Wildman–Crippen LogP) is 0.687. The molecule has 0 aromatic rings. The number of ether oxygens (including phenoxy) is 2. The highest BCUT2D eigenvalue weighted by molar-refractivity contribution is 5.76. The Morgan fingerprint density at radius 1 is 1.52 bits per heavy atom. The number of methoxy groups -OCH3 is 1. The summed E-state index contributed by atoms with van der Waals surface area (Å²) in [6.45, 7) is 3.90. The van der Waals surface area contributed by atoms with Gasteiger partial charge in [0.15, 0.2) is 0 Å². The van der Waals surface area contributed by atoms with E-state index in [1.165, 1.54) is 0 Å². The topological polar surface area (TPSA) is 88.1 Å². The van der Waals surface area contributed by atoms with Gasteiger partial charge in [-0.3, -0.25) is 4.79 Å². The van der Waals surface area contributed by atoms with Gasteiger partial charge in [-0.15, -0.1) is 0 Å². The molecule has 21 heavy (non-hydrogen) atoms. The van der Waals surface area contributed by atoms with Gasteiger partial charge in [-0.05, 0) is 19.8 Å². The molecule has 0 aromatic heterocycles. The number of carbonyl (C=O) groups excluding carboxylic acids is 1. The minimum Gasteiger partial charge on any atom is -0.481 e. The van der Waals surface area contributed by atoms with Crippen molar-refractivity contribution in [3.05, 3.63) is 0 Å². The average molecular weight is 300 g/mol. The van der Waals surface area contributed by atoms with Crippen molar-refractivity contribution in [2.24, 2.45) is 5.92 Å². The van der Waals surface area contributed by atoms with Crippen LogP contribution in [0.4, 0.5) is 4.79 Å². The monoisotopic (exact) mass is 300 g/mol. The zero-order valence-electron chi connectivity index (χ0n) is 12.6. The molecule has 0 spiro atoms. The first kappa shape index (κ1) is 16.0. The van der Waals surface area contributed by atoms with Crippen molar-refractivity contribution < 1.29 is 24.2 Å². The Morgan fingerprint density at radius 2 is 2.29 bits per heavy atom. The van der Waals surface area contributed by atoms with Crippen LogP contribution >= 0.6 is 0 Å². The highest BCUT2D eigenvalue weighted by Crippen LogP contribution is 2.24. The molecule has 0 aromatic carbocycles. The maximum atomic E-state index is 12.3. The second-order valence-electron chi connectivity index (χ2n) is 5.95. The van der Waals surface area contributed by atoms with E-state index in [1.54, 1.807) is 12.0 Å². The van der Waals surface area contributed by atoms with Gasteiger partial charge in [-0.2, -0.15) is 0 Å². The number of nitrogens with one attached hydrogen (secondary N) is 1. The first-order valence-electron chi connectivity index (χ1n) is 7.37. The summed E-state index contributed by atoms with van der Waals surface area (Å²) in [6.07, 6.45) is 1.77. The summed E-state index contributed by atoms with van der Waals surface area (Å²) < 4.78 is 10.8. The zero-order chi connectivity index (χ0) is 15.5. The number of carbonyl (C=O) groups is 2. The third kappa shape index (κ3) is 3.65. The molecular formula is C14H24N2O5. The Bertz CT molecular complexity index is 395. The van der Waals surface area contributed by atoms with Crippen molar-refractivity contribution in [2.45, 2.75) is 37.8 Å². The summed E-state index contributed by atoms with van der Waals surface area (Å²) in [4.78, 5) is 25.0. The van der Waals surface area contributed by atoms with Gasteiger partial charge in [-0.25, -0.2) is 4.79 Å². The fraction of sp³-hybridized carbons (Fsp3) is 0.857. The van der Waals surface area contributed by atoms with Crippen molar-refractivity contribution in [1.82, 2.24) is 10.2 Å². The summed E-state index contributed by atoms with van der Waals surface area (Å²) in [5.41, 5.74) is -0.432. The van der Waals surface area contributed by atoms with Gasteiger partial charge in [0.05, 0.1) is 19.1 Å². The summed E-state index contributed by atoms with van der Waals surface area (Å²) in [5, 5.41) is 11.9. The van der Waals surface area contributed by atoms with Crippen LogP contribution in [0.5, 0.6) is 0 Å². The van der Waals surface area contributed by atoms with Gasteiger partial charge in [0.1, 0.15) is 5.60 Å². The van der Waals surface area contributed by atoms with Crippen molar-refractivity contribution in [3.8, 4) is 0 Å². The molecule has 120 valence electrons. The summed E-state index contributed by atoms with van der Waals surface area (Å²) in [6, 6.07) is -0.229. The van der Waals surface area contributed by atoms with E-state index in [0.29, 0.717) is 39.1 Å². The van der Waals surface area contributed by atoms with E-state index in [4.69, 9.17) is 14.6 Å². The number of carboxylic acids is 1. The van der Waals surface area contributed by atoms with Crippen LogP contribution in [-0.4, -0.2) is 67.1 Å². The van der Waals surface area contributed by atoms with E-state index in [1.807, 2.05) is 6.92 Å². The van der Waals surface area contributed by atoms with Gasteiger partial charge < -0.3 is 24.8 Å². The Hall–Kier alpha value is -1.34. The van der Waals surface area contributed by atoms with Crippen molar-refractivity contribution in [2.75, 3.05) is 33.4 Å². The Kier molecular flexibility index (Phi) is 5.05. The molecule has 2 aliphatic heterocycles. The van der Waals surface area contributed by atoms with E-state index < -0.39 is 11.6 Å². The fourth-order valence-corrected chi connectivity index (χ4v) is 3.00. The van der Waals surface area contributed by atoms with Gasteiger partial charge in [-0.1, -0.05) is 0 Å². The average Bonchev–Trinajstić information content (AvgIpc) is 2.94. The summed E-state index contributed by atoms with van der Waals surface area (Å²) >= 11 is 0. The second kappa shape index (κ2) is 6.62. The largest absolute Gasteiger partial charge is 0.481 e. The molecule has 0 aliphatic carbocycles. The first-order valence-corrected chi connectivity index (χ1v) is 7.37. The lowest BCUT2D eigenvalue weighted by atomic mass is 9.92. The molecule has 3 atom stereocenters. The van der Waals surface area contributed by atoms with Crippen LogP contribution in [-0.2, 0) is 14.3 Å². The van der Waals surface area contributed by atoms with E-state index in [2.05, 4.69) is 5.32 Å². The quantitative estimate of drug-likeness (QED) is 0.797. The Balaban J connectivity index is 1.85. The van der Waals surface area contributed by atoms with Crippen LogP contribution < -0.4 is 5.32 Å². The highest BCUT2D eigenvalue weighted by Gasteiger charge is 2.37. The van der Waals surface area contributed by atoms with E-state index in [9.17, 15) is 9.59 Å². The van der Waals surface area contributed by atoms with Gasteiger partial charge in [0, 0.05) is 32.7 Å². The zero-order valence-corrected chi connectivity index (χ0v) is 12.6. The molecular weight excluding hydrogens is 276 g/mol. The lowest BCUT2D eigenvalue weighted by Gasteiger charge is -2.37. The van der Waals surface area contributed by atoms with Crippen LogP contribution in [0.15, 0.2) is 0 Å². The van der Waals surface area contributed by atoms with Gasteiger partial charge in [0.25, 0.3) is 0 Å². The van der Waals surface area contributed by atoms with Crippen LogP contribution in [0.1, 0.15) is 26.2 Å². The predicted molar refractivity (Wildman–Crippen MR) is 75.1 cm³/mol. The van der Waals surface area contributed by atoms with Crippen molar-refractivity contribution >= 4 is 12.0 Å². The summed E-state index contributed by atoms with van der Waals surface area (Å²) in [5.74, 6) is -1.12. The number of nitrogens with zero attached hydrogens (tertiary/aromatic N) is 1. The molecule has 2 saturated heterocycles. The lowest BCUT2D eigenvalue weighted by molar-refractivity contribution is -0.143. The maximum absolute atomic E-state index is 12.3. The Labute approximate surface area is 124 Å². The molecule has 2 heterocycles. The molecule has 2 aliphatic rings. The number of hydrogen-bond acceptors (Lipinski definition) is 4. The smallest absolute Gasteiger partial charge is 0.317 e. The molecule has 2 fully saturated rings. The standard InChI is InChI=1S/C14H24N2O5/c1-10-7-11(12(17)18)3-5-16(10)13(19)15-8-14(20-2)4-6-21-9-14/h10-11H,3-9H2,1-2H3,(H,15,19)(H,17,18). The van der Waals surface area contributed by atoms with E-state index >= 15 is 0 Å². The molecule has 7 nitrogen and oxygen atoms in total. The number of aliphatic carboxylic acids is 1. The van der Waals surface area contributed by atoms with Crippen LogP contribution in [0.25, 0.3) is 0 Å². The van der Waals surface area contributed by atoms with Gasteiger partial charge in [0.2, 0.25) is 0 Å². The minimum atomic E-state index is -0.775. The number of rotatable bonds is 4. The molecule has 3 unspecified atom stereocenters. The highest BCUT2D eigenvalue weighted by atomic mass is 16.5. The number of urea groups is 1. The number of amides is 2. The van der Waals surface area contributed by atoms with Crippen LogP contribution in [0.2, 0.25) is 0 Å². The molecule has 0 radical (unpaired) electrons. The number of likely N-dealkylation sites (tertiary alicyclic amines) is 1. The minimum absolute atomic E-state index is 0.0711. The van der Waals surface area contributed by atoms with Gasteiger partial charge >= 0.3 is 12.0 Å². The summed E-state index contributed by atoms with van der Waals surface area (Å²) in [7, 11) is 1.63. The normalized spacial score (nSPS) is 33.0. The number of hydrogen-bond donors (Lipinski definition) is 2. The van der Waals surface area contributed by atoms with Crippen molar-refractivity contribution in [1.29, 1.82) is 0 Å². The Morgan fingerprint density at radius 3 is 2.81 bits per heavy atom.